The number of aromatic hydroxyl groups is 1. The van der Waals surface area contributed by atoms with Crippen LogP contribution < -0.4 is 24.3 Å². The molecule has 1 atom stereocenters. The molecule has 10 heteroatoms. The number of tetrazole rings is 1. The van der Waals surface area contributed by atoms with Crippen molar-refractivity contribution >= 4 is 0 Å². The van der Waals surface area contributed by atoms with Crippen molar-refractivity contribution in [2.45, 2.75) is 12.6 Å². The molecule has 10 nitrogen and oxygen atoms in total. The van der Waals surface area contributed by atoms with E-state index in [-0.39, 0.29) is 5.75 Å². The third-order valence-electron chi connectivity index (χ3n) is 5.53. The zero-order valence-corrected chi connectivity index (χ0v) is 19.9. The molecule has 0 aliphatic carbocycles. The Hall–Kier alpha value is -4.31. The SMILES string of the molecule is COc1ccc(-n2nnnc2C(NCc2ccccc2)c2cc(OC)c(OC)c(OC)c2)cc1O. The van der Waals surface area contributed by atoms with Crippen LogP contribution in [0.25, 0.3) is 5.69 Å². The van der Waals surface area contributed by atoms with Gasteiger partial charge in [0.15, 0.2) is 28.8 Å². The molecule has 0 saturated heterocycles. The number of phenols is 1. The van der Waals surface area contributed by atoms with Crippen molar-refractivity contribution in [3.8, 4) is 34.4 Å². The Bertz CT molecular complexity index is 1250. The average molecular weight is 478 g/mol. The van der Waals surface area contributed by atoms with Gasteiger partial charge in [0.2, 0.25) is 5.75 Å². The van der Waals surface area contributed by atoms with E-state index in [0.29, 0.717) is 41.1 Å². The smallest absolute Gasteiger partial charge is 0.203 e. The highest BCUT2D eigenvalue weighted by Crippen LogP contribution is 2.41. The van der Waals surface area contributed by atoms with Crippen LogP contribution in [0, 0.1) is 0 Å². The quantitative estimate of drug-likeness (QED) is 0.355. The van der Waals surface area contributed by atoms with E-state index >= 15 is 0 Å². The predicted molar refractivity (Wildman–Crippen MR) is 129 cm³/mol. The molecule has 0 aliphatic rings. The third-order valence-corrected chi connectivity index (χ3v) is 5.53. The molecule has 4 rings (SSSR count). The lowest BCUT2D eigenvalue weighted by molar-refractivity contribution is 0.323. The normalized spacial score (nSPS) is 11.7. The van der Waals surface area contributed by atoms with Crippen LogP contribution in [-0.4, -0.2) is 53.8 Å². The number of benzene rings is 3. The number of ether oxygens (including phenoxy) is 4. The molecule has 0 amide bonds. The first-order valence-corrected chi connectivity index (χ1v) is 10.8. The van der Waals surface area contributed by atoms with E-state index in [1.165, 1.54) is 7.11 Å². The third kappa shape index (κ3) is 4.97. The summed E-state index contributed by atoms with van der Waals surface area (Å²) in [4.78, 5) is 0. The predicted octanol–water partition coefficient (Wildman–Crippen LogP) is 3.28. The fraction of sp³-hybridized carbons (Fsp3) is 0.240. The van der Waals surface area contributed by atoms with Crippen LogP contribution in [0.4, 0.5) is 0 Å². The first kappa shape index (κ1) is 23.8. The molecule has 0 bridgehead atoms. The van der Waals surface area contributed by atoms with Gasteiger partial charge in [0.05, 0.1) is 40.2 Å². The van der Waals surface area contributed by atoms with E-state index in [2.05, 4.69) is 20.8 Å². The van der Waals surface area contributed by atoms with Gasteiger partial charge in [-0.3, -0.25) is 5.32 Å². The Morgan fingerprint density at radius 1 is 0.857 bits per heavy atom. The van der Waals surface area contributed by atoms with Crippen LogP contribution >= 0.6 is 0 Å². The number of hydrogen-bond donors (Lipinski definition) is 2. The van der Waals surface area contributed by atoms with Crippen LogP contribution in [0.1, 0.15) is 23.0 Å². The van der Waals surface area contributed by atoms with Crippen molar-refractivity contribution in [2.24, 2.45) is 0 Å². The number of nitrogens with zero attached hydrogens (tertiary/aromatic N) is 4. The first-order chi connectivity index (χ1) is 17.1. The summed E-state index contributed by atoms with van der Waals surface area (Å²) in [5.74, 6) is 2.34. The van der Waals surface area contributed by atoms with E-state index in [0.717, 1.165) is 11.1 Å². The van der Waals surface area contributed by atoms with E-state index < -0.39 is 6.04 Å². The van der Waals surface area contributed by atoms with E-state index in [9.17, 15) is 5.11 Å². The fourth-order valence-electron chi connectivity index (χ4n) is 3.81. The standard InChI is InChI=1S/C25H27N5O5/c1-32-20-11-10-18(14-19(20)31)30-25(27-28-29-30)23(26-15-16-8-6-5-7-9-16)17-12-21(33-2)24(35-4)22(13-17)34-3/h5-14,23,26,31H,15H2,1-4H3. The molecule has 0 radical (unpaired) electrons. The van der Waals surface area contributed by atoms with E-state index in [1.54, 1.807) is 44.2 Å². The van der Waals surface area contributed by atoms with Gasteiger partial charge in [0.25, 0.3) is 0 Å². The average Bonchev–Trinajstić information content (AvgIpc) is 3.38. The molecule has 4 aromatic rings. The number of rotatable bonds is 10. The lowest BCUT2D eigenvalue weighted by Crippen LogP contribution is -2.25. The molecule has 182 valence electrons. The van der Waals surface area contributed by atoms with Gasteiger partial charge < -0.3 is 24.1 Å². The van der Waals surface area contributed by atoms with Gasteiger partial charge in [-0.2, -0.15) is 4.68 Å². The van der Waals surface area contributed by atoms with Gasteiger partial charge in [-0.25, -0.2) is 0 Å². The molecule has 35 heavy (non-hydrogen) atoms. The van der Waals surface area contributed by atoms with Crippen LogP contribution in [0.5, 0.6) is 28.7 Å². The Kier molecular flexibility index (Phi) is 7.32. The second kappa shape index (κ2) is 10.7. The molecule has 0 spiro atoms. The molecule has 1 unspecified atom stereocenters. The van der Waals surface area contributed by atoms with Gasteiger partial charge in [-0.15, -0.1) is 5.10 Å². The minimum Gasteiger partial charge on any atom is -0.504 e. The van der Waals surface area contributed by atoms with Gasteiger partial charge in [-0.1, -0.05) is 30.3 Å². The minimum atomic E-state index is -0.469. The summed E-state index contributed by atoms with van der Waals surface area (Å²) in [6.45, 7) is 0.545. The topological polar surface area (TPSA) is 113 Å². The number of nitrogens with one attached hydrogen (secondary N) is 1. The van der Waals surface area contributed by atoms with Crippen molar-refractivity contribution in [2.75, 3.05) is 28.4 Å². The second-order valence-electron chi connectivity index (χ2n) is 7.56. The van der Waals surface area contributed by atoms with Crippen LogP contribution in [0.3, 0.4) is 0 Å². The number of aromatic nitrogens is 4. The van der Waals surface area contributed by atoms with Gasteiger partial charge in [0, 0.05) is 12.6 Å². The molecule has 2 N–H and O–H groups in total. The zero-order valence-electron chi connectivity index (χ0n) is 19.9. The Labute approximate surface area is 203 Å². The summed E-state index contributed by atoms with van der Waals surface area (Å²) in [5, 5.41) is 26.3. The van der Waals surface area contributed by atoms with E-state index in [1.807, 2.05) is 42.5 Å². The summed E-state index contributed by atoms with van der Waals surface area (Å²) >= 11 is 0. The highest BCUT2D eigenvalue weighted by atomic mass is 16.5. The fourth-order valence-corrected chi connectivity index (χ4v) is 3.81. The van der Waals surface area contributed by atoms with Crippen molar-refractivity contribution in [1.82, 2.24) is 25.5 Å². The maximum Gasteiger partial charge on any atom is 0.203 e. The van der Waals surface area contributed by atoms with Crippen molar-refractivity contribution in [3.05, 3.63) is 77.6 Å². The Morgan fingerprint density at radius 2 is 1.54 bits per heavy atom. The number of methoxy groups -OCH3 is 4. The van der Waals surface area contributed by atoms with Gasteiger partial charge in [-0.05, 0) is 45.8 Å². The summed E-state index contributed by atoms with van der Waals surface area (Å²) in [5.41, 5.74) is 2.46. The molecule has 1 heterocycles. The summed E-state index contributed by atoms with van der Waals surface area (Å²) < 4.78 is 23.3. The highest BCUT2D eigenvalue weighted by Gasteiger charge is 2.26. The van der Waals surface area contributed by atoms with Gasteiger partial charge >= 0.3 is 0 Å². The molecular formula is C25H27N5O5. The van der Waals surface area contributed by atoms with Crippen LogP contribution in [-0.2, 0) is 6.54 Å². The summed E-state index contributed by atoms with van der Waals surface area (Å²) in [6.07, 6.45) is 0. The summed E-state index contributed by atoms with van der Waals surface area (Å²) in [7, 11) is 6.18. The minimum absolute atomic E-state index is 0.0203. The molecule has 0 saturated carbocycles. The second-order valence-corrected chi connectivity index (χ2v) is 7.56. The van der Waals surface area contributed by atoms with Crippen molar-refractivity contribution < 1.29 is 24.1 Å². The number of hydrogen-bond acceptors (Lipinski definition) is 9. The molecule has 3 aromatic carbocycles. The molecule has 0 aliphatic heterocycles. The van der Waals surface area contributed by atoms with Crippen molar-refractivity contribution in [1.29, 1.82) is 0 Å². The lowest BCUT2D eigenvalue weighted by Gasteiger charge is -2.21. The first-order valence-electron chi connectivity index (χ1n) is 10.8. The van der Waals surface area contributed by atoms with Crippen molar-refractivity contribution in [3.63, 3.8) is 0 Å². The summed E-state index contributed by atoms with van der Waals surface area (Å²) in [6, 6.07) is 18.2. The monoisotopic (exact) mass is 477 g/mol. The Balaban J connectivity index is 1.81. The maximum absolute atomic E-state index is 10.3. The molecule has 1 aromatic heterocycles. The van der Waals surface area contributed by atoms with E-state index in [4.69, 9.17) is 18.9 Å². The van der Waals surface area contributed by atoms with Gasteiger partial charge in [0.1, 0.15) is 0 Å². The lowest BCUT2D eigenvalue weighted by atomic mass is 10.0. The van der Waals surface area contributed by atoms with Crippen LogP contribution in [0.15, 0.2) is 60.7 Å². The Morgan fingerprint density at radius 3 is 2.14 bits per heavy atom. The number of phenolic OH excluding ortho intramolecular Hbond substituents is 1. The highest BCUT2D eigenvalue weighted by molar-refractivity contribution is 5.55. The van der Waals surface area contributed by atoms with Crippen LogP contribution in [0.2, 0.25) is 0 Å². The molecular weight excluding hydrogens is 450 g/mol. The largest absolute Gasteiger partial charge is 0.504 e. The molecule has 0 fully saturated rings. The zero-order chi connectivity index (χ0) is 24.8. The maximum atomic E-state index is 10.3.